The fourth-order valence-corrected chi connectivity index (χ4v) is 6.79. The molecule has 46 heavy (non-hydrogen) atoms. The van der Waals surface area contributed by atoms with Gasteiger partial charge in [-0.25, -0.2) is 15.0 Å². The zero-order valence-electron chi connectivity index (χ0n) is 26.1. The van der Waals surface area contributed by atoms with Crippen LogP contribution < -0.4 is 10.6 Å². The minimum absolute atomic E-state index is 0.161. The molecule has 4 aromatic heterocycles. The highest BCUT2D eigenvalue weighted by Gasteiger charge is 2.66. The number of amides is 2. The quantitative estimate of drug-likeness (QED) is 0.135. The fourth-order valence-electron chi connectivity index (χ4n) is 6.48. The van der Waals surface area contributed by atoms with Gasteiger partial charge in [0.1, 0.15) is 34.5 Å². The van der Waals surface area contributed by atoms with Crippen molar-refractivity contribution in [3.8, 4) is 11.3 Å². The van der Waals surface area contributed by atoms with Crippen LogP contribution in [0.25, 0.3) is 22.2 Å². The van der Waals surface area contributed by atoms with Gasteiger partial charge in [-0.1, -0.05) is 6.07 Å². The first kappa shape index (κ1) is 31.8. The van der Waals surface area contributed by atoms with E-state index in [2.05, 4.69) is 46.6 Å². The normalized spacial score (nSPS) is 20.2. The molecule has 0 bridgehead atoms. The van der Waals surface area contributed by atoms with E-state index in [1.807, 2.05) is 19.9 Å². The number of carbonyl (C=O) groups excluding carboxylic acids is 3. The molecule has 3 atom stereocenters. The van der Waals surface area contributed by atoms with Gasteiger partial charge in [0.2, 0.25) is 11.8 Å². The summed E-state index contributed by atoms with van der Waals surface area (Å²) in [6.07, 6.45) is 4.95. The number of Topliss-reactive ketones (excluding diaryl/α,β-unsaturated/α-hetero) is 1. The molecule has 2 amide bonds. The second kappa shape index (κ2) is 12.6. The molecule has 0 unspecified atom stereocenters. The molecular weight excluding hydrogens is 657 g/mol. The van der Waals surface area contributed by atoms with Gasteiger partial charge in [0.05, 0.1) is 23.6 Å². The number of nitrogens with one attached hydrogen (secondary N) is 2. The van der Waals surface area contributed by atoms with Gasteiger partial charge in [0, 0.05) is 48.3 Å². The first-order valence-electron chi connectivity index (χ1n) is 15.2. The van der Waals surface area contributed by atoms with E-state index < -0.39 is 12.7 Å². The topological polar surface area (TPSA) is 148 Å². The second-order valence-corrected chi connectivity index (χ2v) is 13.0. The molecule has 0 aromatic carbocycles. The number of pyridine rings is 2. The van der Waals surface area contributed by atoms with Gasteiger partial charge in [-0.15, -0.1) is 0 Å². The number of piperidine rings is 1. The molecule has 1 aliphatic heterocycles. The smallest absolute Gasteiger partial charge is 0.248 e. The molecule has 5 heterocycles. The molecule has 0 spiro atoms. The Balaban J connectivity index is 1.31. The number of ketones is 1. The molecule has 2 fully saturated rings. The monoisotopic (exact) mass is 691 g/mol. The predicted octanol–water partition coefficient (Wildman–Crippen LogP) is 4.12. The first-order valence-corrected chi connectivity index (χ1v) is 16.0. The van der Waals surface area contributed by atoms with Crippen LogP contribution in [-0.4, -0.2) is 84.1 Å². The van der Waals surface area contributed by atoms with E-state index in [4.69, 9.17) is 4.98 Å². The molecule has 240 valence electrons. The fraction of sp³-hybridized carbons (Fsp3) is 0.438. The Labute approximate surface area is 273 Å². The van der Waals surface area contributed by atoms with E-state index >= 15 is 0 Å². The van der Waals surface area contributed by atoms with Crippen LogP contribution in [0.4, 0.5) is 10.2 Å². The number of aromatic nitrogens is 6. The third-order valence-electron chi connectivity index (χ3n) is 8.87. The summed E-state index contributed by atoms with van der Waals surface area (Å²) in [6, 6.07) is 4.51. The molecule has 0 radical (unpaired) electrons. The SMILES string of the molecule is CC(=O)c1nn(CC(=O)N2[C@H](C(=O)Nc3nc(Br)ccc3C)C[C@@]3(CNCCCF)C[C@@H]23)c2c(C)nc(-c3cnc(C)nc3)cc12. The van der Waals surface area contributed by atoms with Gasteiger partial charge < -0.3 is 15.5 Å². The largest absolute Gasteiger partial charge is 0.325 e. The Morgan fingerprint density at radius 1 is 1.11 bits per heavy atom. The maximum atomic E-state index is 14.2. The van der Waals surface area contributed by atoms with Crippen molar-refractivity contribution in [2.75, 3.05) is 25.1 Å². The van der Waals surface area contributed by atoms with Gasteiger partial charge in [0.25, 0.3) is 0 Å². The van der Waals surface area contributed by atoms with Crippen LogP contribution in [0.3, 0.4) is 0 Å². The number of halogens is 2. The van der Waals surface area contributed by atoms with Crippen molar-refractivity contribution in [3.05, 3.63) is 58.0 Å². The molecular formula is C32H35BrFN9O3. The Hall–Kier alpha value is -4.17. The van der Waals surface area contributed by atoms with Gasteiger partial charge in [-0.2, -0.15) is 5.10 Å². The van der Waals surface area contributed by atoms with Crippen molar-refractivity contribution in [1.29, 1.82) is 0 Å². The third kappa shape index (κ3) is 6.03. The number of fused-ring (bicyclic) bond motifs is 2. The average Bonchev–Trinajstić information content (AvgIpc) is 3.42. The van der Waals surface area contributed by atoms with Crippen molar-refractivity contribution < 1.29 is 18.8 Å². The summed E-state index contributed by atoms with van der Waals surface area (Å²) >= 11 is 3.36. The predicted molar refractivity (Wildman–Crippen MR) is 173 cm³/mol. The Bertz CT molecular complexity index is 1850. The molecule has 2 aliphatic rings. The molecule has 14 heteroatoms. The maximum absolute atomic E-state index is 14.2. The number of alkyl halides is 1. The highest BCUT2D eigenvalue weighted by atomic mass is 79.9. The zero-order valence-corrected chi connectivity index (χ0v) is 27.7. The van der Waals surface area contributed by atoms with Crippen molar-refractivity contribution in [2.45, 2.75) is 65.6 Å². The van der Waals surface area contributed by atoms with E-state index in [0.717, 1.165) is 12.0 Å². The summed E-state index contributed by atoms with van der Waals surface area (Å²) in [5.41, 5.74) is 3.18. The number of likely N-dealkylation sites (tertiary alicyclic amines) is 1. The van der Waals surface area contributed by atoms with E-state index in [9.17, 15) is 18.8 Å². The molecule has 2 N–H and O–H groups in total. The average molecular weight is 693 g/mol. The summed E-state index contributed by atoms with van der Waals surface area (Å²) in [6.45, 7) is 7.39. The molecule has 1 saturated carbocycles. The Kier molecular flexibility index (Phi) is 8.68. The lowest BCUT2D eigenvalue weighted by atomic mass is 9.99. The minimum Gasteiger partial charge on any atom is -0.325 e. The van der Waals surface area contributed by atoms with Crippen molar-refractivity contribution in [3.63, 3.8) is 0 Å². The van der Waals surface area contributed by atoms with Crippen LogP contribution >= 0.6 is 15.9 Å². The van der Waals surface area contributed by atoms with Crippen LogP contribution in [0.2, 0.25) is 0 Å². The van der Waals surface area contributed by atoms with Gasteiger partial charge in [0.15, 0.2) is 5.78 Å². The van der Waals surface area contributed by atoms with E-state index in [-0.39, 0.29) is 41.3 Å². The summed E-state index contributed by atoms with van der Waals surface area (Å²) < 4.78 is 14.8. The van der Waals surface area contributed by atoms with Crippen LogP contribution in [0.5, 0.6) is 0 Å². The highest BCUT2D eigenvalue weighted by molar-refractivity contribution is 9.10. The van der Waals surface area contributed by atoms with Crippen molar-refractivity contribution in [2.24, 2.45) is 5.41 Å². The van der Waals surface area contributed by atoms with Gasteiger partial charge in [-0.3, -0.25) is 28.4 Å². The molecule has 1 saturated heterocycles. The number of rotatable bonds is 11. The maximum Gasteiger partial charge on any atom is 0.248 e. The molecule has 1 aliphatic carbocycles. The highest BCUT2D eigenvalue weighted by Crippen LogP contribution is 2.59. The first-order chi connectivity index (χ1) is 22.0. The number of aryl methyl sites for hydroxylation is 3. The summed E-state index contributed by atoms with van der Waals surface area (Å²) in [7, 11) is 0. The molecule has 12 nitrogen and oxygen atoms in total. The standard InChI is InChI=1S/C32H35BrFN9O3/c1-17-6-7-26(33)39-30(17)40-31(46)24-11-32(16-35-9-5-8-34)12-25(32)43(24)27(45)15-42-29-18(2)38-23(21-13-36-20(4)37-14-21)10-22(29)28(41-42)19(3)44/h6-7,10,13-14,24-25,35H,5,8-9,11-12,15-16H2,1-4H3,(H,39,40,46)/t24-,25+,32-/m0/s1. The summed E-state index contributed by atoms with van der Waals surface area (Å²) in [4.78, 5) is 60.0. The van der Waals surface area contributed by atoms with E-state index in [0.29, 0.717) is 70.0 Å². The number of hydrogen-bond donors (Lipinski definition) is 2. The van der Waals surface area contributed by atoms with Crippen molar-refractivity contribution >= 4 is 50.2 Å². The lowest BCUT2D eigenvalue weighted by Gasteiger charge is -2.27. The number of anilines is 1. The second-order valence-electron chi connectivity index (χ2n) is 12.2. The number of nitrogens with zero attached hydrogens (tertiary/aromatic N) is 7. The zero-order chi connectivity index (χ0) is 32.7. The van der Waals surface area contributed by atoms with Crippen LogP contribution in [0, 0.1) is 26.2 Å². The molecule has 4 aromatic rings. The lowest BCUT2D eigenvalue weighted by Crippen LogP contribution is -2.47. The van der Waals surface area contributed by atoms with Crippen LogP contribution in [0.1, 0.15) is 53.8 Å². The third-order valence-corrected chi connectivity index (χ3v) is 9.32. The van der Waals surface area contributed by atoms with Crippen LogP contribution in [-0.2, 0) is 16.1 Å². The van der Waals surface area contributed by atoms with Gasteiger partial charge in [-0.05, 0) is 80.2 Å². The Morgan fingerprint density at radius 2 is 1.87 bits per heavy atom. The lowest BCUT2D eigenvalue weighted by molar-refractivity contribution is -0.138. The van der Waals surface area contributed by atoms with E-state index in [1.54, 1.807) is 36.4 Å². The summed E-state index contributed by atoms with van der Waals surface area (Å²) in [5.74, 6) is 0.188. The molecule has 6 rings (SSSR count). The minimum atomic E-state index is -0.740. The van der Waals surface area contributed by atoms with Crippen LogP contribution in [0.15, 0.2) is 35.2 Å². The Morgan fingerprint density at radius 3 is 2.59 bits per heavy atom. The summed E-state index contributed by atoms with van der Waals surface area (Å²) in [5, 5.41) is 11.4. The number of carbonyl (C=O) groups is 3. The van der Waals surface area contributed by atoms with E-state index in [1.165, 1.54) is 11.6 Å². The van der Waals surface area contributed by atoms with Gasteiger partial charge >= 0.3 is 0 Å². The van der Waals surface area contributed by atoms with Crippen molar-refractivity contribution in [1.82, 2.24) is 39.9 Å². The number of hydrogen-bond acceptors (Lipinski definition) is 9.